The molecule has 146 valence electrons. The summed E-state index contributed by atoms with van der Waals surface area (Å²) in [6.45, 7) is 18.6. The summed E-state index contributed by atoms with van der Waals surface area (Å²) in [5, 5.41) is 0. The second-order valence-corrected chi connectivity index (χ2v) is 12.4. The lowest BCUT2D eigenvalue weighted by Gasteiger charge is -2.67. The Balaban J connectivity index is 1.42. The third kappa shape index (κ3) is 2.26. The Morgan fingerprint density at radius 2 is 1.27 bits per heavy atom. The predicted octanol–water partition coefficient (Wildman–Crippen LogP) is 6.42. The molecule has 1 saturated heterocycles. The topological polar surface area (TPSA) is 9.23 Å². The van der Waals surface area contributed by atoms with Gasteiger partial charge in [-0.05, 0) is 71.4 Å². The molecule has 0 amide bonds. The molecule has 4 bridgehead atoms. The van der Waals surface area contributed by atoms with E-state index in [0.717, 1.165) is 72.9 Å². The van der Waals surface area contributed by atoms with Gasteiger partial charge in [-0.15, -0.1) is 0 Å². The number of ether oxygens (including phenoxy) is 1. The molecule has 7 fully saturated rings. The third-order valence-corrected chi connectivity index (χ3v) is 11.3. The van der Waals surface area contributed by atoms with Crippen LogP contribution < -0.4 is 0 Å². The highest BCUT2D eigenvalue weighted by Crippen LogP contribution is 2.70. The molecule has 6 saturated carbocycles. The molecular formula is C24H41BO. The highest BCUT2D eigenvalue weighted by Gasteiger charge is 2.63. The van der Waals surface area contributed by atoms with E-state index in [1.165, 1.54) is 32.1 Å². The monoisotopic (exact) mass is 356 g/mol. The zero-order valence-corrected chi connectivity index (χ0v) is 18.1. The standard InChI is InChI=1S/C24H41BO/c1-14-19-9-16(23(19,3)4)11-21(14)25(18-7-8-26-13-18)22-12-17-10-20(15(22)2)24(17,5)6/h14-22H,7-13H2,1-6H3/t14-,15-,16+,17+,18?,19-,20-,21-,22-/m1/s1. The summed E-state index contributed by atoms with van der Waals surface area (Å²) in [7, 11) is 0. The SMILES string of the molecule is C[C@@H]1[C@H]2C[C@@H](C[C@H]1B(C1CCOC1)[C@@H]1C[C@@H]3C[C@H]([C@H]1C)C3(C)C)C2(C)C. The normalized spacial score (nSPS) is 53.5. The van der Waals surface area contributed by atoms with Gasteiger partial charge in [0.05, 0.1) is 0 Å². The van der Waals surface area contributed by atoms with Crippen molar-refractivity contribution in [3.63, 3.8) is 0 Å². The lowest BCUT2D eigenvalue weighted by atomic mass is 9.18. The van der Waals surface area contributed by atoms with Crippen molar-refractivity contribution in [2.75, 3.05) is 13.2 Å². The fourth-order valence-electron chi connectivity index (χ4n) is 9.27. The molecule has 7 aliphatic rings. The quantitative estimate of drug-likeness (QED) is 0.531. The van der Waals surface area contributed by atoms with E-state index in [-0.39, 0.29) is 0 Å². The average molecular weight is 356 g/mol. The first-order valence-electron chi connectivity index (χ1n) is 11.8. The molecule has 0 N–H and O–H groups in total. The Hall–Kier alpha value is 0.0249. The van der Waals surface area contributed by atoms with Crippen molar-refractivity contribution in [2.45, 2.75) is 91.1 Å². The molecule has 9 atom stereocenters. The van der Waals surface area contributed by atoms with Crippen LogP contribution >= 0.6 is 0 Å². The number of rotatable bonds is 3. The maximum Gasteiger partial charge on any atom is 0.153 e. The number of hydrogen-bond acceptors (Lipinski definition) is 1. The molecule has 26 heavy (non-hydrogen) atoms. The fourth-order valence-corrected chi connectivity index (χ4v) is 9.27. The van der Waals surface area contributed by atoms with Gasteiger partial charge >= 0.3 is 0 Å². The van der Waals surface area contributed by atoms with Gasteiger partial charge in [0.25, 0.3) is 0 Å². The van der Waals surface area contributed by atoms with Gasteiger partial charge in [0.1, 0.15) is 0 Å². The first-order valence-corrected chi connectivity index (χ1v) is 11.8. The lowest BCUT2D eigenvalue weighted by Crippen LogP contribution is -2.60. The van der Waals surface area contributed by atoms with E-state index < -0.39 is 0 Å². The summed E-state index contributed by atoms with van der Waals surface area (Å²) in [6.07, 6.45) is 7.43. The molecule has 1 heterocycles. The molecule has 1 aliphatic heterocycles. The largest absolute Gasteiger partial charge is 0.382 e. The Morgan fingerprint density at radius 1 is 0.769 bits per heavy atom. The molecule has 2 heteroatoms. The van der Waals surface area contributed by atoms with Crippen LogP contribution in [0.2, 0.25) is 17.5 Å². The molecule has 0 aromatic carbocycles. The molecule has 7 rings (SSSR count). The van der Waals surface area contributed by atoms with Gasteiger partial charge in [-0.3, -0.25) is 0 Å². The minimum atomic E-state index is 0.620. The molecule has 1 nitrogen and oxygen atoms in total. The van der Waals surface area contributed by atoms with E-state index >= 15 is 0 Å². The van der Waals surface area contributed by atoms with Crippen molar-refractivity contribution in [3.8, 4) is 0 Å². The van der Waals surface area contributed by atoms with Gasteiger partial charge in [-0.1, -0.05) is 66.0 Å². The second-order valence-electron chi connectivity index (χ2n) is 12.4. The molecule has 0 aromatic rings. The molecule has 0 aromatic heterocycles. The van der Waals surface area contributed by atoms with E-state index in [4.69, 9.17) is 4.74 Å². The van der Waals surface area contributed by atoms with Gasteiger partial charge in [0.15, 0.2) is 6.71 Å². The van der Waals surface area contributed by atoms with Crippen LogP contribution in [0.25, 0.3) is 0 Å². The summed E-state index contributed by atoms with van der Waals surface area (Å²) in [5.74, 6) is 8.65. The van der Waals surface area contributed by atoms with Gasteiger partial charge in [-0.2, -0.15) is 0 Å². The maximum absolute atomic E-state index is 5.95. The highest BCUT2D eigenvalue weighted by molar-refractivity contribution is 6.64. The summed E-state index contributed by atoms with van der Waals surface area (Å²) in [4.78, 5) is 0. The van der Waals surface area contributed by atoms with E-state index in [2.05, 4.69) is 41.5 Å². The third-order valence-electron chi connectivity index (χ3n) is 11.3. The van der Waals surface area contributed by atoms with Crippen molar-refractivity contribution >= 4 is 6.71 Å². The zero-order valence-electron chi connectivity index (χ0n) is 18.1. The number of hydrogen-bond donors (Lipinski definition) is 0. The first kappa shape index (κ1) is 18.1. The minimum absolute atomic E-state index is 0.620. The zero-order chi connectivity index (χ0) is 18.4. The highest BCUT2D eigenvalue weighted by atomic mass is 16.5. The Kier molecular flexibility index (Phi) is 4.01. The fraction of sp³-hybridized carbons (Fsp3) is 1.00. The molecular weight excluding hydrogens is 315 g/mol. The summed E-state index contributed by atoms with van der Waals surface area (Å²) >= 11 is 0. The van der Waals surface area contributed by atoms with Crippen molar-refractivity contribution in [2.24, 2.45) is 46.3 Å². The van der Waals surface area contributed by atoms with Gasteiger partial charge < -0.3 is 4.74 Å². The van der Waals surface area contributed by atoms with Gasteiger partial charge in [0, 0.05) is 13.2 Å². The van der Waals surface area contributed by atoms with Crippen LogP contribution in [0.4, 0.5) is 0 Å². The summed E-state index contributed by atoms with van der Waals surface area (Å²) in [6, 6.07) is 0. The van der Waals surface area contributed by atoms with Crippen LogP contribution in [-0.4, -0.2) is 19.9 Å². The van der Waals surface area contributed by atoms with E-state index in [1.807, 2.05) is 0 Å². The van der Waals surface area contributed by atoms with E-state index in [0.29, 0.717) is 10.8 Å². The Labute approximate surface area is 162 Å². The second kappa shape index (κ2) is 5.77. The smallest absolute Gasteiger partial charge is 0.153 e. The van der Waals surface area contributed by atoms with Crippen LogP contribution in [0.5, 0.6) is 0 Å². The van der Waals surface area contributed by atoms with Crippen LogP contribution in [0, 0.1) is 46.3 Å². The summed E-state index contributed by atoms with van der Waals surface area (Å²) < 4.78 is 5.95. The number of fused-ring (bicyclic) bond motifs is 4. The Bertz CT molecular complexity index is 521. The van der Waals surface area contributed by atoms with Crippen molar-refractivity contribution < 1.29 is 4.74 Å². The van der Waals surface area contributed by atoms with Gasteiger partial charge in [0.2, 0.25) is 0 Å². The first-order chi connectivity index (χ1) is 12.2. The molecule has 0 radical (unpaired) electrons. The lowest BCUT2D eigenvalue weighted by molar-refractivity contribution is -0.108. The molecule has 0 spiro atoms. The molecule has 6 aliphatic carbocycles. The van der Waals surface area contributed by atoms with E-state index in [1.54, 1.807) is 0 Å². The predicted molar refractivity (Wildman–Crippen MR) is 111 cm³/mol. The van der Waals surface area contributed by atoms with E-state index in [9.17, 15) is 0 Å². The van der Waals surface area contributed by atoms with Crippen LogP contribution in [0.1, 0.15) is 73.6 Å². The van der Waals surface area contributed by atoms with Crippen LogP contribution in [-0.2, 0) is 4.74 Å². The van der Waals surface area contributed by atoms with Crippen LogP contribution in [0.15, 0.2) is 0 Å². The minimum Gasteiger partial charge on any atom is -0.382 e. The molecule has 1 unspecified atom stereocenters. The Morgan fingerprint density at radius 3 is 1.62 bits per heavy atom. The van der Waals surface area contributed by atoms with Crippen molar-refractivity contribution in [1.29, 1.82) is 0 Å². The average Bonchev–Trinajstić information content (AvgIpc) is 3.10. The van der Waals surface area contributed by atoms with Crippen LogP contribution in [0.3, 0.4) is 0 Å². The maximum atomic E-state index is 5.95. The van der Waals surface area contributed by atoms with Crippen molar-refractivity contribution in [3.05, 3.63) is 0 Å². The van der Waals surface area contributed by atoms with Gasteiger partial charge in [-0.25, -0.2) is 0 Å². The summed E-state index contributed by atoms with van der Waals surface area (Å²) in [5.41, 5.74) is 1.24. The van der Waals surface area contributed by atoms with Crippen molar-refractivity contribution in [1.82, 2.24) is 0 Å².